The van der Waals surface area contributed by atoms with Gasteiger partial charge < -0.3 is 5.11 Å². The number of alkyl halides is 3. The van der Waals surface area contributed by atoms with Gasteiger partial charge in [-0.25, -0.2) is 16.8 Å². The van der Waals surface area contributed by atoms with Gasteiger partial charge in [0.05, 0.1) is 11.1 Å². The smallest absolute Gasteiger partial charge is 0.416 e. The summed E-state index contributed by atoms with van der Waals surface area (Å²) >= 11 is 7.13. The molecule has 1 unspecified atom stereocenters. The molecule has 5 nitrogen and oxygen atoms in total. The van der Waals surface area contributed by atoms with E-state index in [2.05, 4.69) is 6.58 Å². The van der Waals surface area contributed by atoms with Crippen molar-refractivity contribution in [3.05, 3.63) is 94.2 Å². The van der Waals surface area contributed by atoms with Gasteiger partial charge in [-0.1, -0.05) is 23.7 Å². The predicted molar refractivity (Wildman–Crippen MR) is 135 cm³/mol. The monoisotopic (exact) mass is 571 g/mol. The van der Waals surface area contributed by atoms with Crippen LogP contribution in [-0.4, -0.2) is 23.5 Å². The van der Waals surface area contributed by atoms with Gasteiger partial charge >= 0.3 is 12.1 Å². The van der Waals surface area contributed by atoms with Crippen LogP contribution in [0.3, 0.4) is 0 Å². The summed E-state index contributed by atoms with van der Waals surface area (Å²) in [5.41, 5.74) is -0.0638. The van der Waals surface area contributed by atoms with Crippen LogP contribution in [0.2, 0.25) is 5.02 Å². The first-order chi connectivity index (χ1) is 17.3. The third-order valence-corrected chi connectivity index (χ3v) is 9.30. The van der Waals surface area contributed by atoms with Crippen molar-refractivity contribution in [3.8, 4) is 10.4 Å². The number of hydrogen-bond donors (Lipinski definition) is 1. The summed E-state index contributed by atoms with van der Waals surface area (Å²) in [6, 6.07) is 9.56. The first-order valence-corrected chi connectivity index (χ1v) is 13.4. The average Bonchev–Trinajstić information content (AvgIpc) is 3.42. The van der Waals surface area contributed by atoms with Crippen LogP contribution in [0.15, 0.2) is 67.4 Å². The Kier molecular flexibility index (Phi) is 7.24. The zero-order valence-corrected chi connectivity index (χ0v) is 21.2. The summed E-state index contributed by atoms with van der Waals surface area (Å²) in [5, 5.41) is 7.92. The number of hydrogen-bond acceptors (Lipinski definition) is 4. The van der Waals surface area contributed by atoms with Crippen molar-refractivity contribution < 1.29 is 35.9 Å². The Morgan fingerprint density at radius 1 is 1.16 bits per heavy atom. The highest BCUT2D eigenvalue weighted by atomic mass is 35.5. The number of rotatable bonds is 8. The molecule has 0 fully saturated rings. The predicted octanol–water partition coefficient (Wildman–Crippen LogP) is 7.30. The molecule has 0 aliphatic heterocycles. The summed E-state index contributed by atoms with van der Waals surface area (Å²) in [4.78, 5) is 11.8. The topological polar surface area (TPSA) is 76.4 Å². The Morgan fingerprint density at radius 2 is 1.89 bits per heavy atom. The van der Waals surface area contributed by atoms with Gasteiger partial charge in [-0.2, -0.15) is 13.2 Å². The van der Waals surface area contributed by atoms with E-state index in [1.807, 2.05) is 0 Å². The fourth-order valence-corrected chi connectivity index (χ4v) is 7.38. The van der Waals surface area contributed by atoms with Crippen LogP contribution in [0.5, 0.6) is 0 Å². The summed E-state index contributed by atoms with van der Waals surface area (Å²) in [7, 11) is -4.21. The van der Waals surface area contributed by atoms with Gasteiger partial charge in [0.15, 0.2) is 0 Å². The Hall–Kier alpha value is -3.15. The minimum atomic E-state index is -4.56. The molecule has 1 N–H and O–H groups in total. The number of aliphatic carboxylic acids is 1. The number of benzene rings is 2. The van der Waals surface area contributed by atoms with Crippen molar-refractivity contribution in [2.75, 3.05) is 0 Å². The van der Waals surface area contributed by atoms with E-state index >= 15 is 0 Å². The Morgan fingerprint density at radius 3 is 2.51 bits per heavy atom. The second kappa shape index (κ2) is 9.96. The van der Waals surface area contributed by atoms with Gasteiger partial charge in [-0.15, -0.1) is 17.9 Å². The summed E-state index contributed by atoms with van der Waals surface area (Å²) < 4.78 is 81.3. The number of carbonyl (C=O) groups is 1. The van der Waals surface area contributed by atoms with Crippen LogP contribution in [0.1, 0.15) is 27.7 Å². The molecule has 0 bridgehead atoms. The molecule has 4 rings (SSSR count). The number of carboxylic acid groups (broad SMARTS) is 1. The number of carboxylic acids is 1. The Bertz CT molecular complexity index is 1620. The normalized spacial score (nSPS) is 13.1. The highest BCUT2D eigenvalue weighted by molar-refractivity contribution is 7.90. The van der Waals surface area contributed by atoms with Crippen LogP contribution in [0.25, 0.3) is 21.3 Å². The SMILES string of the molecule is C=CC(c1ccc(-c2ccc(C(F)(F)F)cc2Cl)s1)S(=O)(=O)n1cc(CCC(=O)O)c2cc(F)ccc21. The second-order valence-electron chi connectivity index (χ2n) is 8.10. The molecule has 0 amide bonds. The van der Waals surface area contributed by atoms with E-state index in [1.165, 1.54) is 30.5 Å². The molecule has 0 saturated heterocycles. The minimum Gasteiger partial charge on any atom is -0.481 e. The van der Waals surface area contributed by atoms with Crippen molar-refractivity contribution >= 4 is 49.8 Å². The van der Waals surface area contributed by atoms with Crippen LogP contribution in [-0.2, 0) is 27.4 Å². The highest BCUT2D eigenvalue weighted by Gasteiger charge is 2.32. The summed E-state index contributed by atoms with van der Waals surface area (Å²) in [6.45, 7) is 3.65. The van der Waals surface area contributed by atoms with E-state index in [0.717, 1.165) is 39.6 Å². The van der Waals surface area contributed by atoms with Crippen molar-refractivity contribution in [2.45, 2.75) is 24.3 Å². The summed E-state index contributed by atoms with van der Waals surface area (Å²) in [5.74, 6) is -1.69. The maximum Gasteiger partial charge on any atom is 0.416 e. The number of thiophene rings is 1. The molecule has 0 aliphatic carbocycles. The average molecular weight is 572 g/mol. The fraction of sp³-hybridized carbons (Fsp3) is 0.160. The first-order valence-electron chi connectivity index (χ1n) is 10.7. The third kappa shape index (κ3) is 5.29. The molecule has 37 heavy (non-hydrogen) atoms. The van der Waals surface area contributed by atoms with Gasteiger partial charge in [0, 0.05) is 38.3 Å². The van der Waals surface area contributed by atoms with E-state index in [1.54, 1.807) is 6.07 Å². The third-order valence-electron chi connectivity index (χ3n) is 5.70. The molecular weight excluding hydrogens is 554 g/mol. The lowest BCUT2D eigenvalue weighted by molar-refractivity contribution is -0.138. The lowest BCUT2D eigenvalue weighted by atomic mass is 10.1. The van der Waals surface area contributed by atoms with Crippen molar-refractivity contribution in [1.82, 2.24) is 3.97 Å². The molecule has 2 aromatic carbocycles. The zero-order valence-electron chi connectivity index (χ0n) is 18.8. The van der Waals surface area contributed by atoms with Crippen molar-refractivity contribution in [1.29, 1.82) is 0 Å². The summed E-state index contributed by atoms with van der Waals surface area (Å²) in [6.07, 6.45) is -2.35. The van der Waals surface area contributed by atoms with E-state index in [4.69, 9.17) is 16.7 Å². The molecule has 1 atom stereocenters. The molecule has 2 aromatic heterocycles. The maximum atomic E-state index is 13.9. The molecule has 0 radical (unpaired) electrons. The fourth-order valence-electron chi connectivity index (χ4n) is 3.94. The second-order valence-corrected chi connectivity index (χ2v) is 11.6. The molecule has 0 aliphatic rings. The lowest BCUT2D eigenvalue weighted by Gasteiger charge is -2.14. The van der Waals surface area contributed by atoms with Crippen molar-refractivity contribution in [3.63, 3.8) is 0 Å². The quantitative estimate of drug-likeness (QED) is 0.178. The van der Waals surface area contributed by atoms with Gasteiger partial charge in [-0.3, -0.25) is 4.79 Å². The van der Waals surface area contributed by atoms with Gasteiger partial charge in [-0.05, 0) is 54.4 Å². The molecule has 0 saturated carbocycles. The Labute approximate surface area is 218 Å². The molecule has 2 heterocycles. The molecule has 12 heteroatoms. The lowest BCUT2D eigenvalue weighted by Crippen LogP contribution is -2.18. The first kappa shape index (κ1) is 26.9. The number of nitrogens with zero attached hydrogens (tertiary/aromatic N) is 1. The molecule has 0 spiro atoms. The van der Waals surface area contributed by atoms with E-state index in [9.17, 15) is 30.8 Å². The van der Waals surface area contributed by atoms with Crippen LogP contribution in [0, 0.1) is 5.82 Å². The largest absolute Gasteiger partial charge is 0.481 e. The van der Waals surface area contributed by atoms with Crippen LogP contribution < -0.4 is 0 Å². The van der Waals surface area contributed by atoms with E-state index in [0.29, 0.717) is 20.9 Å². The van der Waals surface area contributed by atoms with Crippen LogP contribution >= 0.6 is 22.9 Å². The van der Waals surface area contributed by atoms with E-state index in [-0.39, 0.29) is 28.8 Å². The van der Waals surface area contributed by atoms with Gasteiger partial charge in [0.1, 0.15) is 11.1 Å². The molecule has 194 valence electrons. The number of aromatic nitrogens is 1. The van der Waals surface area contributed by atoms with Gasteiger partial charge in [0.2, 0.25) is 0 Å². The molecule has 4 aromatic rings. The number of aryl methyl sites for hydroxylation is 1. The van der Waals surface area contributed by atoms with Gasteiger partial charge in [0.25, 0.3) is 10.0 Å². The number of fused-ring (bicyclic) bond motifs is 1. The van der Waals surface area contributed by atoms with Crippen molar-refractivity contribution in [2.24, 2.45) is 0 Å². The van der Waals surface area contributed by atoms with E-state index < -0.39 is 38.8 Å². The van der Waals surface area contributed by atoms with Crippen LogP contribution in [0.4, 0.5) is 17.6 Å². The Balaban J connectivity index is 1.75. The minimum absolute atomic E-state index is 0.00780. The molecular formula is C25H18ClF4NO4S2. The number of halogens is 5. The maximum absolute atomic E-state index is 13.9. The highest BCUT2D eigenvalue weighted by Crippen LogP contribution is 2.41. The standard InChI is InChI=1S/C25H18ClF4NO4S2/c1-2-23(22-9-8-21(36-22)17-6-4-15(11-19(17)26)25(28,29)30)37(34,35)31-13-14(3-10-24(32)33)18-12-16(27)5-7-20(18)31/h2,4-9,11-13,23H,1,3,10H2,(H,32,33). The zero-order chi connectivity index (χ0) is 27.1.